The number of anilines is 1. The van der Waals surface area contributed by atoms with E-state index in [4.69, 9.17) is 0 Å². The number of esters is 1. The molecule has 1 aliphatic rings. The van der Waals surface area contributed by atoms with E-state index in [0.717, 1.165) is 5.82 Å². The quantitative estimate of drug-likeness (QED) is 0.671. The van der Waals surface area contributed by atoms with Gasteiger partial charge >= 0.3 is 5.97 Å². The van der Waals surface area contributed by atoms with E-state index in [1.165, 1.54) is 39.2 Å². The van der Waals surface area contributed by atoms with Crippen molar-refractivity contribution in [3.63, 3.8) is 0 Å². The highest BCUT2D eigenvalue weighted by Crippen LogP contribution is 2.25. The van der Waals surface area contributed by atoms with Crippen molar-refractivity contribution in [3.8, 4) is 0 Å². The molecule has 0 spiro atoms. The van der Waals surface area contributed by atoms with E-state index in [1.54, 1.807) is 12.1 Å². The number of aromatic nitrogens is 2. The van der Waals surface area contributed by atoms with Crippen LogP contribution < -0.4 is 5.32 Å². The molecule has 5 heteroatoms. The highest BCUT2D eigenvalue weighted by molar-refractivity contribution is 5.86. The van der Waals surface area contributed by atoms with Gasteiger partial charge in [-0.15, -0.1) is 10.2 Å². The largest absolute Gasteiger partial charge is 0.464 e. The molecule has 1 saturated carbocycles. The zero-order valence-corrected chi connectivity index (χ0v) is 11.6. The predicted molar refractivity (Wildman–Crippen MR) is 73.0 cm³/mol. The molecule has 2 rings (SSSR count). The zero-order valence-electron chi connectivity index (χ0n) is 11.6. The fraction of sp³-hybridized carbons (Fsp3) is 0.643. The lowest BCUT2D eigenvalue weighted by Gasteiger charge is -2.23. The molecule has 0 saturated heterocycles. The van der Waals surface area contributed by atoms with E-state index in [-0.39, 0.29) is 5.69 Å². The fourth-order valence-electron chi connectivity index (χ4n) is 2.52. The summed E-state index contributed by atoms with van der Waals surface area (Å²) in [4.78, 5) is 11.3. The topological polar surface area (TPSA) is 64.1 Å². The lowest BCUT2D eigenvalue weighted by atomic mass is 9.97. The van der Waals surface area contributed by atoms with Crippen LogP contribution in [0.1, 0.15) is 49.5 Å². The number of ether oxygens (including phenoxy) is 1. The van der Waals surface area contributed by atoms with Gasteiger partial charge in [0.2, 0.25) is 0 Å². The number of hydrogen-bond donors (Lipinski definition) is 1. The van der Waals surface area contributed by atoms with E-state index in [2.05, 4.69) is 27.2 Å². The summed E-state index contributed by atoms with van der Waals surface area (Å²) >= 11 is 0. The van der Waals surface area contributed by atoms with Gasteiger partial charge in [-0.25, -0.2) is 4.79 Å². The summed E-state index contributed by atoms with van der Waals surface area (Å²) in [5.41, 5.74) is 0.238. The van der Waals surface area contributed by atoms with Crippen LogP contribution in [0.15, 0.2) is 12.1 Å². The van der Waals surface area contributed by atoms with Crippen LogP contribution in [0, 0.1) is 5.92 Å². The van der Waals surface area contributed by atoms with Crippen molar-refractivity contribution in [2.24, 2.45) is 5.92 Å². The number of hydrogen-bond acceptors (Lipinski definition) is 5. The van der Waals surface area contributed by atoms with Gasteiger partial charge in [-0.2, -0.15) is 0 Å². The molecule has 0 radical (unpaired) electrons. The van der Waals surface area contributed by atoms with Crippen molar-refractivity contribution in [2.45, 2.75) is 45.1 Å². The van der Waals surface area contributed by atoms with Crippen LogP contribution in [0.4, 0.5) is 5.82 Å². The Labute approximate surface area is 113 Å². The normalized spacial score (nSPS) is 23.5. The summed E-state index contributed by atoms with van der Waals surface area (Å²) in [5.74, 6) is 0.915. The summed E-state index contributed by atoms with van der Waals surface area (Å²) in [6.45, 7) is 2.28. The Morgan fingerprint density at radius 1 is 1.26 bits per heavy atom. The third kappa shape index (κ3) is 3.66. The molecule has 1 aromatic rings. The second-order valence-electron chi connectivity index (χ2n) is 5.16. The predicted octanol–water partition coefficient (Wildman–Crippen LogP) is 2.64. The lowest BCUT2D eigenvalue weighted by Crippen LogP contribution is -2.27. The lowest BCUT2D eigenvalue weighted by molar-refractivity contribution is 0.0593. The van der Waals surface area contributed by atoms with Crippen molar-refractivity contribution in [2.75, 3.05) is 12.4 Å². The molecule has 2 atom stereocenters. The maximum Gasteiger partial charge on any atom is 0.358 e. The number of carbonyl (C=O) groups is 1. The molecular formula is C14H21N3O2. The van der Waals surface area contributed by atoms with Gasteiger partial charge in [-0.3, -0.25) is 0 Å². The maximum atomic E-state index is 11.3. The molecule has 2 unspecified atom stereocenters. The minimum atomic E-state index is -0.457. The van der Waals surface area contributed by atoms with Gasteiger partial charge < -0.3 is 10.1 Å². The Kier molecular flexibility index (Phi) is 4.71. The number of nitrogens with one attached hydrogen (secondary N) is 1. The van der Waals surface area contributed by atoms with Gasteiger partial charge in [0.1, 0.15) is 5.82 Å². The van der Waals surface area contributed by atoms with Gasteiger partial charge in [-0.05, 0) is 30.9 Å². The number of methoxy groups -OCH3 is 1. The van der Waals surface area contributed by atoms with Crippen LogP contribution in [0.25, 0.3) is 0 Å². The molecule has 1 heterocycles. The summed E-state index contributed by atoms with van der Waals surface area (Å²) in [6, 6.07) is 3.88. The molecule has 0 aromatic carbocycles. The molecule has 0 amide bonds. The molecule has 0 aliphatic heterocycles. The first-order valence-electron chi connectivity index (χ1n) is 6.89. The van der Waals surface area contributed by atoms with Gasteiger partial charge in [0.05, 0.1) is 7.11 Å². The summed E-state index contributed by atoms with van der Waals surface area (Å²) < 4.78 is 4.60. The standard InChI is InChI=1S/C14H21N3O2/c1-10-6-4-3-5-7-11(10)15-13-9-8-12(16-17-13)14(18)19-2/h8-11H,3-7H2,1-2H3,(H,15,17). The van der Waals surface area contributed by atoms with E-state index < -0.39 is 5.97 Å². The molecule has 0 bridgehead atoms. The molecule has 1 aromatic heterocycles. The second-order valence-corrected chi connectivity index (χ2v) is 5.16. The smallest absolute Gasteiger partial charge is 0.358 e. The minimum absolute atomic E-state index is 0.238. The third-order valence-corrected chi connectivity index (χ3v) is 3.75. The van der Waals surface area contributed by atoms with Crippen LogP contribution >= 0.6 is 0 Å². The van der Waals surface area contributed by atoms with Crippen molar-refractivity contribution in [1.82, 2.24) is 10.2 Å². The van der Waals surface area contributed by atoms with Gasteiger partial charge in [0.15, 0.2) is 5.69 Å². The summed E-state index contributed by atoms with van der Waals surface area (Å²) in [7, 11) is 1.34. The van der Waals surface area contributed by atoms with E-state index in [0.29, 0.717) is 12.0 Å². The van der Waals surface area contributed by atoms with Gasteiger partial charge in [-0.1, -0.05) is 26.2 Å². The average molecular weight is 263 g/mol. The Hall–Kier alpha value is -1.65. The van der Waals surface area contributed by atoms with E-state index in [9.17, 15) is 4.79 Å². The van der Waals surface area contributed by atoms with E-state index in [1.807, 2.05) is 0 Å². The van der Waals surface area contributed by atoms with Crippen LogP contribution in [0.3, 0.4) is 0 Å². The number of carbonyl (C=O) groups excluding carboxylic acids is 1. The maximum absolute atomic E-state index is 11.3. The Bertz CT molecular complexity index is 419. The zero-order chi connectivity index (χ0) is 13.7. The fourth-order valence-corrected chi connectivity index (χ4v) is 2.52. The molecule has 5 nitrogen and oxygen atoms in total. The first-order valence-corrected chi connectivity index (χ1v) is 6.89. The number of rotatable bonds is 3. The molecular weight excluding hydrogens is 242 g/mol. The van der Waals surface area contributed by atoms with Crippen LogP contribution in [0.2, 0.25) is 0 Å². The molecule has 104 valence electrons. The molecule has 1 aliphatic carbocycles. The highest BCUT2D eigenvalue weighted by Gasteiger charge is 2.20. The SMILES string of the molecule is COC(=O)c1ccc(NC2CCCCCC2C)nn1. The van der Waals surface area contributed by atoms with Crippen LogP contribution in [-0.4, -0.2) is 29.3 Å². The monoisotopic (exact) mass is 263 g/mol. The van der Waals surface area contributed by atoms with Gasteiger partial charge in [0.25, 0.3) is 0 Å². The third-order valence-electron chi connectivity index (χ3n) is 3.75. The first kappa shape index (κ1) is 13.8. The van der Waals surface area contributed by atoms with Crippen molar-refractivity contribution in [3.05, 3.63) is 17.8 Å². The molecule has 19 heavy (non-hydrogen) atoms. The summed E-state index contributed by atoms with van der Waals surface area (Å²) in [5, 5.41) is 11.4. The average Bonchev–Trinajstić information content (AvgIpc) is 2.64. The highest BCUT2D eigenvalue weighted by atomic mass is 16.5. The van der Waals surface area contributed by atoms with Crippen LogP contribution in [0.5, 0.6) is 0 Å². The van der Waals surface area contributed by atoms with Gasteiger partial charge in [0, 0.05) is 6.04 Å². The first-order chi connectivity index (χ1) is 9.20. The Morgan fingerprint density at radius 2 is 2.05 bits per heavy atom. The second kappa shape index (κ2) is 6.50. The molecule has 1 fully saturated rings. The van der Waals surface area contributed by atoms with Crippen molar-refractivity contribution >= 4 is 11.8 Å². The summed E-state index contributed by atoms with van der Waals surface area (Å²) in [6.07, 6.45) is 6.31. The van der Waals surface area contributed by atoms with Crippen LogP contribution in [-0.2, 0) is 4.74 Å². The van der Waals surface area contributed by atoms with Crippen molar-refractivity contribution in [1.29, 1.82) is 0 Å². The minimum Gasteiger partial charge on any atom is -0.464 e. The Balaban J connectivity index is 2.00. The Morgan fingerprint density at radius 3 is 2.74 bits per heavy atom. The van der Waals surface area contributed by atoms with Crippen molar-refractivity contribution < 1.29 is 9.53 Å². The van der Waals surface area contributed by atoms with E-state index >= 15 is 0 Å². The number of nitrogens with zero attached hydrogens (tertiary/aromatic N) is 2. The molecule has 1 N–H and O–H groups in total.